The third-order valence-corrected chi connectivity index (χ3v) is 1.71. The van der Waals surface area contributed by atoms with Gasteiger partial charge in [-0.2, -0.15) is 0 Å². The molecule has 0 saturated carbocycles. The first-order valence-corrected chi connectivity index (χ1v) is 5.20. The second kappa shape index (κ2) is 7.65. The Bertz CT molecular complexity index is 333. The van der Waals surface area contributed by atoms with Crippen LogP contribution in [0.4, 0.5) is 0 Å². The van der Waals surface area contributed by atoms with E-state index < -0.39 is 12.0 Å². The summed E-state index contributed by atoms with van der Waals surface area (Å²) in [6.45, 7) is 0. The van der Waals surface area contributed by atoms with Gasteiger partial charge in [0.25, 0.3) is 0 Å². The molecular weight excluding hydrogens is 220 g/mol. The molecular formula is C12H20N2O3. The summed E-state index contributed by atoms with van der Waals surface area (Å²) < 4.78 is 0. The summed E-state index contributed by atoms with van der Waals surface area (Å²) in [5, 5.41) is 17.5. The molecule has 0 heterocycles. The van der Waals surface area contributed by atoms with E-state index in [1.165, 1.54) is 12.1 Å². The quantitative estimate of drug-likeness (QED) is 0.717. The van der Waals surface area contributed by atoms with Crippen LogP contribution in [0.3, 0.4) is 0 Å². The number of phenols is 1. The lowest BCUT2D eigenvalue weighted by Crippen LogP contribution is -2.32. The average molecular weight is 240 g/mol. The number of aromatic hydroxyl groups is 1. The highest BCUT2D eigenvalue weighted by Gasteiger charge is 2.11. The van der Waals surface area contributed by atoms with Crippen LogP contribution in [0, 0.1) is 0 Å². The van der Waals surface area contributed by atoms with Crippen molar-refractivity contribution in [1.82, 2.24) is 4.90 Å². The van der Waals surface area contributed by atoms with Gasteiger partial charge in [0.05, 0.1) is 0 Å². The summed E-state index contributed by atoms with van der Waals surface area (Å²) in [7, 11) is 6.00. The highest BCUT2D eigenvalue weighted by Crippen LogP contribution is 2.10. The fraction of sp³-hybridized carbons (Fsp3) is 0.417. The molecule has 1 unspecified atom stereocenters. The van der Waals surface area contributed by atoms with Crippen LogP contribution in [0.2, 0.25) is 0 Å². The molecule has 1 atom stereocenters. The summed E-state index contributed by atoms with van der Waals surface area (Å²) in [5.74, 6) is -0.860. The molecule has 17 heavy (non-hydrogen) atoms. The standard InChI is InChI=1S/C9H11NO3.C3H9N/c10-8(9(12)13)5-6-1-3-7(11)4-2-6;1-4(2)3/h1-4,8,11H,5,10H2,(H,12,13);1-3H3. The molecule has 5 nitrogen and oxygen atoms in total. The number of benzene rings is 1. The van der Waals surface area contributed by atoms with Crippen LogP contribution in [-0.4, -0.2) is 48.3 Å². The van der Waals surface area contributed by atoms with E-state index in [4.69, 9.17) is 15.9 Å². The number of nitrogens with zero attached hydrogens (tertiary/aromatic N) is 1. The summed E-state index contributed by atoms with van der Waals surface area (Å²) >= 11 is 0. The Labute approximate surface area is 101 Å². The monoisotopic (exact) mass is 240 g/mol. The lowest BCUT2D eigenvalue weighted by Gasteiger charge is -2.05. The summed E-state index contributed by atoms with van der Waals surface area (Å²) in [6, 6.07) is 5.42. The number of rotatable bonds is 3. The zero-order chi connectivity index (χ0) is 13.4. The second-order valence-corrected chi connectivity index (χ2v) is 4.16. The van der Waals surface area contributed by atoms with E-state index in [9.17, 15) is 4.79 Å². The molecule has 5 heteroatoms. The smallest absolute Gasteiger partial charge is 0.320 e. The number of carboxylic acid groups (broad SMARTS) is 1. The van der Waals surface area contributed by atoms with Crippen LogP contribution in [0.1, 0.15) is 5.56 Å². The second-order valence-electron chi connectivity index (χ2n) is 4.16. The predicted molar refractivity (Wildman–Crippen MR) is 67.0 cm³/mol. The minimum Gasteiger partial charge on any atom is -0.508 e. The topological polar surface area (TPSA) is 86.8 Å². The molecule has 1 aromatic carbocycles. The molecule has 4 N–H and O–H groups in total. The van der Waals surface area contributed by atoms with Crippen molar-refractivity contribution in [1.29, 1.82) is 0 Å². The van der Waals surface area contributed by atoms with Gasteiger partial charge in [-0.05, 0) is 45.3 Å². The summed E-state index contributed by atoms with van der Waals surface area (Å²) in [5.41, 5.74) is 6.12. The number of hydrogen-bond donors (Lipinski definition) is 3. The largest absolute Gasteiger partial charge is 0.508 e. The fourth-order valence-corrected chi connectivity index (χ4v) is 0.973. The SMILES string of the molecule is CN(C)C.NC(Cc1ccc(O)cc1)C(=O)O. The van der Waals surface area contributed by atoms with Gasteiger partial charge in [0, 0.05) is 0 Å². The van der Waals surface area contributed by atoms with E-state index in [1.807, 2.05) is 26.0 Å². The molecule has 0 spiro atoms. The number of hydrogen-bond acceptors (Lipinski definition) is 4. The molecule has 1 rings (SSSR count). The van der Waals surface area contributed by atoms with Gasteiger partial charge < -0.3 is 20.8 Å². The van der Waals surface area contributed by atoms with Gasteiger partial charge in [-0.1, -0.05) is 12.1 Å². The van der Waals surface area contributed by atoms with Gasteiger partial charge in [0.1, 0.15) is 11.8 Å². The van der Waals surface area contributed by atoms with Crippen molar-refractivity contribution in [2.24, 2.45) is 5.73 Å². The van der Waals surface area contributed by atoms with E-state index in [1.54, 1.807) is 12.1 Å². The van der Waals surface area contributed by atoms with E-state index in [-0.39, 0.29) is 12.2 Å². The van der Waals surface area contributed by atoms with E-state index >= 15 is 0 Å². The Morgan fingerprint density at radius 2 is 1.71 bits per heavy atom. The number of carbonyl (C=O) groups is 1. The van der Waals surface area contributed by atoms with Crippen LogP contribution in [0.15, 0.2) is 24.3 Å². The third kappa shape index (κ3) is 8.24. The third-order valence-electron chi connectivity index (χ3n) is 1.71. The number of phenolic OH excluding ortho intramolecular Hbond substituents is 1. The maximum atomic E-state index is 10.4. The van der Waals surface area contributed by atoms with E-state index in [2.05, 4.69) is 0 Å². The molecule has 0 amide bonds. The highest BCUT2D eigenvalue weighted by molar-refractivity contribution is 5.73. The van der Waals surface area contributed by atoms with Crippen molar-refractivity contribution in [3.63, 3.8) is 0 Å². The number of carboxylic acids is 1. The van der Waals surface area contributed by atoms with Gasteiger partial charge in [-0.15, -0.1) is 0 Å². The first-order chi connectivity index (χ1) is 7.82. The lowest BCUT2D eigenvalue weighted by molar-refractivity contribution is -0.138. The molecule has 1 aromatic rings. The minimum atomic E-state index is -1.02. The molecule has 0 fully saturated rings. The molecule has 0 aliphatic carbocycles. The normalized spacial score (nSPS) is 11.6. The van der Waals surface area contributed by atoms with Crippen LogP contribution in [0.5, 0.6) is 5.75 Å². The summed E-state index contributed by atoms with van der Waals surface area (Å²) in [6.07, 6.45) is 0.273. The van der Waals surface area contributed by atoms with Crippen molar-refractivity contribution < 1.29 is 15.0 Å². The first kappa shape index (κ1) is 15.4. The van der Waals surface area contributed by atoms with Crippen molar-refractivity contribution in [2.75, 3.05) is 21.1 Å². The van der Waals surface area contributed by atoms with Gasteiger partial charge >= 0.3 is 5.97 Å². The van der Waals surface area contributed by atoms with Crippen LogP contribution >= 0.6 is 0 Å². The Balaban J connectivity index is 0.000000557. The average Bonchev–Trinajstić information content (AvgIpc) is 2.20. The zero-order valence-electron chi connectivity index (χ0n) is 10.4. The fourth-order valence-electron chi connectivity index (χ4n) is 0.973. The van der Waals surface area contributed by atoms with Gasteiger partial charge in [-0.3, -0.25) is 4.79 Å². The number of nitrogens with two attached hydrogens (primary N) is 1. The van der Waals surface area contributed by atoms with Crippen LogP contribution in [0.25, 0.3) is 0 Å². The van der Waals surface area contributed by atoms with Gasteiger partial charge in [0.2, 0.25) is 0 Å². The summed E-state index contributed by atoms with van der Waals surface area (Å²) in [4.78, 5) is 12.4. The predicted octanol–water partition coefficient (Wildman–Crippen LogP) is 0.524. The Hall–Kier alpha value is -1.59. The van der Waals surface area contributed by atoms with Crippen LogP contribution < -0.4 is 5.73 Å². The molecule has 0 radical (unpaired) electrons. The molecule has 0 bridgehead atoms. The van der Waals surface area contributed by atoms with Crippen LogP contribution in [-0.2, 0) is 11.2 Å². The highest BCUT2D eigenvalue weighted by atomic mass is 16.4. The Kier molecular flexibility index (Phi) is 6.93. The molecule has 0 aliphatic heterocycles. The molecule has 0 aliphatic rings. The van der Waals surface area contributed by atoms with E-state index in [0.29, 0.717) is 0 Å². The zero-order valence-corrected chi connectivity index (χ0v) is 10.4. The molecule has 0 saturated heterocycles. The van der Waals surface area contributed by atoms with E-state index in [0.717, 1.165) is 5.56 Å². The van der Waals surface area contributed by atoms with Crippen molar-refractivity contribution in [2.45, 2.75) is 12.5 Å². The van der Waals surface area contributed by atoms with Crippen molar-refractivity contribution >= 4 is 5.97 Å². The molecule has 96 valence electrons. The first-order valence-electron chi connectivity index (χ1n) is 5.20. The number of aliphatic carboxylic acids is 1. The lowest BCUT2D eigenvalue weighted by atomic mass is 10.1. The maximum Gasteiger partial charge on any atom is 0.320 e. The van der Waals surface area contributed by atoms with Crippen molar-refractivity contribution in [3.05, 3.63) is 29.8 Å². The maximum absolute atomic E-state index is 10.4. The van der Waals surface area contributed by atoms with Gasteiger partial charge in [-0.25, -0.2) is 0 Å². The van der Waals surface area contributed by atoms with Gasteiger partial charge in [0.15, 0.2) is 0 Å². The Morgan fingerprint density at radius 3 is 2.06 bits per heavy atom. The van der Waals surface area contributed by atoms with Crippen molar-refractivity contribution in [3.8, 4) is 5.75 Å². The molecule has 0 aromatic heterocycles. The Morgan fingerprint density at radius 1 is 1.29 bits per heavy atom. The minimum absolute atomic E-state index is 0.160.